The van der Waals surface area contributed by atoms with Gasteiger partial charge in [0.15, 0.2) is 5.60 Å². The number of likely N-dealkylation sites (N-methyl/N-ethyl adjacent to an activating group) is 1. The number of likely N-dealkylation sites (tertiary alicyclic amines) is 1. The summed E-state index contributed by atoms with van der Waals surface area (Å²) in [5.41, 5.74) is -0.413. The van der Waals surface area contributed by atoms with Crippen molar-refractivity contribution in [3.05, 3.63) is 29.8 Å². The first kappa shape index (κ1) is 20.1. The van der Waals surface area contributed by atoms with Crippen LogP contribution in [0, 0.1) is 5.41 Å². The number of amides is 1. The Kier molecular flexibility index (Phi) is 6.08. The molecule has 27 heavy (non-hydrogen) atoms. The molecule has 0 unspecified atom stereocenters. The van der Waals surface area contributed by atoms with Crippen LogP contribution in [0.2, 0.25) is 0 Å². The second-order valence-corrected chi connectivity index (χ2v) is 8.40. The van der Waals surface area contributed by atoms with Crippen molar-refractivity contribution < 1.29 is 19.7 Å². The van der Waals surface area contributed by atoms with E-state index in [9.17, 15) is 15.0 Å². The maximum absolute atomic E-state index is 13.0. The Labute approximate surface area is 161 Å². The van der Waals surface area contributed by atoms with Crippen molar-refractivity contribution >= 4 is 5.91 Å². The molecule has 2 fully saturated rings. The first-order chi connectivity index (χ1) is 12.9. The Morgan fingerprint density at radius 1 is 1.22 bits per heavy atom. The lowest BCUT2D eigenvalue weighted by molar-refractivity contribution is -0.160. The molecule has 1 atom stereocenters. The molecular weight excluding hydrogens is 344 g/mol. The van der Waals surface area contributed by atoms with Gasteiger partial charge < -0.3 is 24.7 Å². The van der Waals surface area contributed by atoms with Gasteiger partial charge in [-0.2, -0.15) is 0 Å². The van der Waals surface area contributed by atoms with Crippen molar-refractivity contribution in [2.24, 2.45) is 5.41 Å². The minimum atomic E-state index is -1.35. The van der Waals surface area contributed by atoms with Crippen molar-refractivity contribution in [2.45, 2.75) is 44.2 Å². The molecule has 0 aromatic heterocycles. The minimum absolute atomic E-state index is 0.0525. The van der Waals surface area contributed by atoms with Gasteiger partial charge in [-0.1, -0.05) is 18.6 Å². The highest BCUT2D eigenvalue weighted by atomic mass is 16.5. The molecule has 1 aromatic carbocycles. The fourth-order valence-electron chi connectivity index (χ4n) is 4.47. The third-order valence-electron chi connectivity index (χ3n) is 6.10. The maximum atomic E-state index is 13.0. The van der Waals surface area contributed by atoms with E-state index in [1.54, 1.807) is 12.0 Å². The topological polar surface area (TPSA) is 73.2 Å². The Balaban J connectivity index is 1.63. The van der Waals surface area contributed by atoms with Crippen molar-refractivity contribution in [1.82, 2.24) is 9.80 Å². The average molecular weight is 376 g/mol. The minimum Gasteiger partial charge on any atom is -0.497 e. The van der Waals surface area contributed by atoms with E-state index in [1.807, 2.05) is 36.2 Å². The molecule has 6 nitrogen and oxygen atoms in total. The number of rotatable bonds is 8. The molecular formula is C21H32N2O4. The van der Waals surface area contributed by atoms with Crippen molar-refractivity contribution in [2.75, 3.05) is 40.4 Å². The number of hydrogen-bond donors (Lipinski definition) is 2. The van der Waals surface area contributed by atoms with E-state index in [4.69, 9.17) is 4.74 Å². The molecule has 0 spiro atoms. The van der Waals surface area contributed by atoms with Gasteiger partial charge in [-0.15, -0.1) is 0 Å². The fraction of sp³-hybridized carbons (Fsp3) is 0.667. The zero-order valence-electron chi connectivity index (χ0n) is 16.5. The van der Waals surface area contributed by atoms with E-state index in [0.717, 1.165) is 43.5 Å². The largest absolute Gasteiger partial charge is 0.497 e. The average Bonchev–Trinajstić information content (AvgIpc) is 2.62. The van der Waals surface area contributed by atoms with Gasteiger partial charge in [-0.05, 0) is 50.4 Å². The predicted molar refractivity (Wildman–Crippen MR) is 103 cm³/mol. The quantitative estimate of drug-likeness (QED) is 0.722. The second-order valence-electron chi connectivity index (χ2n) is 8.40. The number of methoxy groups -OCH3 is 1. The first-order valence-electron chi connectivity index (χ1n) is 9.84. The Morgan fingerprint density at radius 3 is 2.63 bits per heavy atom. The monoisotopic (exact) mass is 376 g/mol. The summed E-state index contributed by atoms with van der Waals surface area (Å²) in [4.78, 5) is 16.8. The van der Waals surface area contributed by atoms with Crippen LogP contribution in [0.5, 0.6) is 5.75 Å². The zero-order valence-corrected chi connectivity index (χ0v) is 16.5. The highest BCUT2D eigenvalue weighted by molar-refractivity contribution is 5.86. The van der Waals surface area contributed by atoms with Crippen LogP contribution in [0.15, 0.2) is 24.3 Å². The molecule has 0 bridgehead atoms. The highest BCUT2D eigenvalue weighted by Crippen LogP contribution is 2.41. The lowest BCUT2D eigenvalue weighted by atomic mass is 9.69. The van der Waals surface area contributed by atoms with Crippen LogP contribution in [-0.2, 0) is 11.3 Å². The smallest absolute Gasteiger partial charge is 0.256 e. The number of carbonyl (C=O) groups is 1. The summed E-state index contributed by atoms with van der Waals surface area (Å²) in [6, 6.07) is 7.69. The number of aliphatic hydroxyl groups excluding tert-OH is 1. The summed E-state index contributed by atoms with van der Waals surface area (Å²) in [7, 11) is 3.56. The fourth-order valence-corrected chi connectivity index (χ4v) is 4.47. The number of hydrogen-bond acceptors (Lipinski definition) is 5. The standard InChI is InChI=1S/C21H32N2O4/c1-22(14-20(16-24)8-4-9-20)15-21(26)10-5-11-23(19(21)25)13-17-6-3-7-18(12-17)27-2/h3,6-7,12,24,26H,4-5,8-11,13-16H2,1-2H3/t21-/m1/s1. The molecule has 1 saturated heterocycles. The molecule has 0 radical (unpaired) electrons. The highest BCUT2D eigenvalue weighted by Gasteiger charge is 2.44. The second kappa shape index (κ2) is 8.17. The normalized spacial score (nSPS) is 24.8. The molecule has 3 rings (SSSR count). The van der Waals surface area contributed by atoms with E-state index < -0.39 is 5.60 Å². The van der Waals surface area contributed by atoms with E-state index in [2.05, 4.69) is 0 Å². The number of aliphatic hydroxyl groups is 2. The van der Waals surface area contributed by atoms with Crippen LogP contribution >= 0.6 is 0 Å². The van der Waals surface area contributed by atoms with E-state index in [0.29, 0.717) is 26.1 Å². The molecule has 1 aliphatic heterocycles. The number of nitrogens with zero attached hydrogens (tertiary/aromatic N) is 2. The number of ether oxygens (including phenoxy) is 1. The van der Waals surface area contributed by atoms with Gasteiger partial charge in [-0.3, -0.25) is 4.79 Å². The van der Waals surface area contributed by atoms with Crippen LogP contribution in [0.1, 0.15) is 37.7 Å². The van der Waals surface area contributed by atoms with Gasteiger partial charge in [0.25, 0.3) is 5.91 Å². The van der Waals surface area contributed by atoms with Gasteiger partial charge in [0, 0.05) is 38.2 Å². The van der Waals surface area contributed by atoms with Crippen molar-refractivity contribution in [3.8, 4) is 5.75 Å². The zero-order chi connectivity index (χ0) is 19.5. The Bertz CT molecular complexity index is 656. The number of carbonyl (C=O) groups excluding carboxylic acids is 1. The Hall–Kier alpha value is -1.63. The van der Waals surface area contributed by atoms with E-state index >= 15 is 0 Å². The van der Waals surface area contributed by atoms with Crippen molar-refractivity contribution in [3.63, 3.8) is 0 Å². The molecule has 2 aliphatic rings. The summed E-state index contributed by atoms with van der Waals surface area (Å²) in [6.45, 7) is 2.33. The molecule has 150 valence electrons. The lowest BCUT2D eigenvalue weighted by Crippen LogP contribution is -2.59. The number of piperidine rings is 1. The molecule has 1 saturated carbocycles. The van der Waals surface area contributed by atoms with Crippen molar-refractivity contribution in [1.29, 1.82) is 0 Å². The lowest BCUT2D eigenvalue weighted by Gasteiger charge is -2.45. The SMILES string of the molecule is COc1cccc(CN2CCC[C@@](O)(CN(C)CC3(CO)CCC3)C2=O)c1. The third-order valence-corrected chi connectivity index (χ3v) is 6.10. The summed E-state index contributed by atoms with van der Waals surface area (Å²) >= 11 is 0. The van der Waals surface area contributed by atoms with E-state index in [1.165, 1.54) is 0 Å². The molecule has 1 heterocycles. The Morgan fingerprint density at radius 2 is 2.00 bits per heavy atom. The third kappa shape index (κ3) is 4.45. The van der Waals surface area contributed by atoms with Crippen LogP contribution in [0.25, 0.3) is 0 Å². The van der Waals surface area contributed by atoms with Gasteiger partial charge in [0.1, 0.15) is 5.75 Å². The maximum Gasteiger partial charge on any atom is 0.256 e. The predicted octanol–water partition coefficient (Wildman–Crippen LogP) is 1.64. The van der Waals surface area contributed by atoms with Gasteiger partial charge in [-0.25, -0.2) is 0 Å². The van der Waals surface area contributed by atoms with Crippen LogP contribution in [0.4, 0.5) is 0 Å². The van der Waals surface area contributed by atoms with Crippen LogP contribution in [-0.4, -0.2) is 71.9 Å². The summed E-state index contributed by atoms with van der Waals surface area (Å²) < 4.78 is 5.26. The molecule has 6 heteroatoms. The van der Waals surface area contributed by atoms with Gasteiger partial charge in [0.2, 0.25) is 0 Å². The van der Waals surface area contributed by atoms with Crippen LogP contribution < -0.4 is 4.74 Å². The molecule has 2 N–H and O–H groups in total. The van der Waals surface area contributed by atoms with Gasteiger partial charge in [0.05, 0.1) is 7.11 Å². The molecule has 1 amide bonds. The summed E-state index contributed by atoms with van der Waals surface area (Å²) in [5.74, 6) is 0.567. The molecule has 1 aromatic rings. The van der Waals surface area contributed by atoms with E-state index in [-0.39, 0.29) is 17.9 Å². The first-order valence-corrected chi connectivity index (χ1v) is 9.84. The summed E-state index contributed by atoms with van der Waals surface area (Å²) in [6.07, 6.45) is 4.44. The number of benzene rings is 1. The van der Waals surface area contributed by atoms with Gasteiger partial charge >= 0.3 is 0 Å². The molecule has 1 aliphatic carbocycles. The van der Waals surface area contributed by atoms with Crippen LogP contribution in [0.3, 0.4) is 0 Å². The summed E-state index contributed by atoms with van der Waals surface area (Å²) in [5, 5.41) is 20.8.